The van der Waals surface area contributed by atoms with Crippen LogP contribution in [0.5, 0.6) is 0 Å². The van der Waals surface area contributed by atoms with E-state index in [0.29, 0.717) is 17.2 Å². The summed E-state index contributed by atoms with van der Waals surface area (Å²) in [6, 6.07) is 8.14. The van der Waals surface area contributed by atoms with Gasteiger partial charge in [0.15, 0.2) is 6.61 Å². The van der Waals surface area contributed by atoms with Crippen LogP contribution in [-0.4, -0.2) is 28.8 Å². The van der Waals surface area contributed by atoms with Gasteiger partial charge in [-0.15, -0.1) is 0 Å². The number of amides is 1. The van der Waals surface area contributed by atoms with Gasteiger partial charge in [0.2, 0.25) is 11.7 Å². The number of carbonyl (C=O) groups excluding carboxylic acids is 3. The van der Waals surface area contributed by atoms with Crippen molar-refractivity contribution >= 4 is 17.7 Å². The number of hydrogen-bond acceptors (Lipinski definition) is 4. The number of nitrogens with zero attached hydrogens (tertiary/aromatic N) is 1. The van der Waals surface area contributed by atoms with Crippen molar-refractivity contribution in [3.63, 3.8) is 0 Å². The van der Waals surface area contributed by atoms with Gasteiger partial charge in [0.25, 0.3) is 0 Å². The Balaban J connectivity index is 1.65. The maximum Gasteiger partial charge on any atom is 0.338 e. The van der Waals surface area contributed by atoms with Crippen LogP contribution >= 0.6 is 0 Å². The number of ether oxygens (including phenoxy) is 1. The van der Waals surface area contributed by atoms with Gasteiger partial charge in [0.05, 0.1) is 5.56 Å². The molecule has 1 aliphatic rings. The van der Waals surface area contributed by atoms with Crippen LogP contribution in [0.3, 0.4) is 0 Å². The van der Waals surface area contributed by atoms with E-state index in [1.54, 1.807) is 0 Å². The van der Waals surface area contributed by atoms with Crippen molar-refractivity contribution in [2.24, 2.45) is 5.73 Å². The molecule has 0 bridgehead atoms. The van der Waals surface area contributed by atoms with Crippen LogP contribution in [0, 0.1) is 13.8 Å². The minimum Gasteiger partial charge on any atom is -0.454 e. The first-order chi connectivity index (χ1) is 11.9. The second-order valence-electron chi connectivity index (χ2n) is 6.33. The van der Waals surface area contributed by atoms with Crippen LogP contribution in [0.1, 0.15) is 61.3 Å². The molecule has 0 atom stereocenters. The molecule has 0 unspecified atom stereocenters. The topological polar surface area (TPSA) is 91.4 Å². The summed E-state index contributed by atoms with van der Waals surface area (Å²) in [6.07, 6.45) is 2.28. The molecule has 2 aromatic rings. The lowest BCUT2D eigenvalue weighted by molar-refractivity contribution is 0.0474. The highest BCUT2D eigenvalue weighted by molar-refractivity contribution is 6.00. The molecule has 0 saturated heterocycles. The molecule has 1 heterocycles. The molecular weight excluding hydrogens is 320 g/mol. The fraction of sp³-hybridized carbons (Fsp3) is 0.316. The van der Waals surface area contributed by atoms with Crippen molar-refractivity contribution in [2.75, 3.05) is 6.61 Å². The van der Waals surface area contributed by atoms with Gasteiger partial charge in [-0.1, -0.05) is 0 Å². The third-order valence-corrected chi connectivity index (χ3v) is 4.44. The molecule has 25 heavy (non-hydrogen) atoms. The molecule has 1 aliphatic carbocycles. The van der Waals surface area contributed by atoms with Gasteiger partial charge >= 0.3 is 5.97 Å². The van der Waals surface area contributed by atoms with Gasteiger partial charge in [-0.2, -0.15) is 0 Å². The summed E-state index contributed by atoms with van der Waals surface area (Å²) < 4.78 is 7.29. The van der Waals surface area contributed by atoms with E-state index < -0.39 is 11.9 Å². The maximum atomic E-state index is 12.4. The zero-order valence-electron chi connectivity index (χ0n) is 14.2. The number of Topliss-reactive ketones (excluding diaryl/α,β-unsaturated/α-hetero) is 1. The summed E-state index contributed by atoms with van der Waals surface area (Å²) in [5.74, 6) is -1.40. The lowest BCUT2D eigenvalue weighted by Crippen LogP contribution is -2.15. The Morgan fingerprint density at radius 2 is 1.72 bits per heavy atom. The average molecular weight is 340 g/mol. The van der Waals surface area contributed by atoms with E-state index in [4.69, 9.17) is 10.5 Å². The Morgan fingerprint density at radius 1 is 1.12 bits per heavy atom. The fourth-order valence-electron chi connectivity index (χ4n) is 3.02. The Kier molecular flexibility index (Phi) is 4.44. The average Bonchev–Trinajstić information content (AvgIpc) is 3.37. The number of aryl methyl sites for hydroxylation is 1. The van der Waals surface area contributed by atoms with Crippen LogP contribution < -0.4 is 5.73 Å². The Bertz CT molecular complexity index is 845. The van der Waals surface area contributed by atoms with Crippen LogP contribution in [-0.2, 0) is 4.74 Å². The summed E-state index contributed by atoms with van der Waals surface area (Å²) >= 11 is 0. The van der Waals surface area contributed by atoms with E-state index in [1.165, 1.54) is 24.3 Å². The van der Waals surface area contributed by atoms with Gasteiger partial charge in [-0.3, -0.25) is 9.59 Å². The number of ketones is 1. The molecule has 130 valence electrons. The molecule has 1 aromatic carbocycles. The predicted octanol–water partition coefficient (Wildman–Crippen LogP) is 2.58. The quantitative estimate of drug-likeness (QED) is 0.646. The largest absolute Gasteiger partial charge is 0.454 e. The highest BCUT2D eigenvalue weighted by Gasteiger charge is 2.28. The van der Waals surface area contributed by atoms with Crippen molar-refractivity contribution in [3.8, 4) is 0 Å². The van der Waals surface area contributed by atoms with E-state index in [-0.39, 0.29) is 18.0 Å². The molecule has 0 aliphatic heterocycles. The number of carbonyl (C=O) groups is 3. The number of hydrogen-bond donors (Lipinski definition) is 1. The van der Waals surface area contributed by atoms with E-state index >= 15 is 0 Å². The minimum atomic E-state index is -0.611. The first-order valence-corrected chi connectivity index (χ1v) is 8.17. The van der Waals surface area contributed by atoms with E-state index in [1.807, 2.05) is 19.9 Å². The molecular formula is C19H20N2O4. The highest BCUT2D eigenvalue weighted by Crippen LogP contribution is 2.38. The van der Waals surface area contributed by atoms with Crippen LogP contribution in [0.25, 0.3) is 0 Å². The second-order valence-corrected chi connectivity index (χ2v) is 6.33. The number of esters is 1. The number of nitrogens with two attached hydrogens (primary N) is 1. The monoisotopic (exact) mass is 340 g/mol. The van der Waals surface area contributed by atoms with Crippen LogP contribution in [0.15, 0.2) is 30.3 Å². The van der Waals surface area contributed by atoms with Gasteiger partial charge in [0, 0.05) is 28.6 Å². The van der Waals surface area contributed by atoms with Crippen molar-refractivity contribution in [3.05, 3.63) is 58.4 Å². The first-order valence-electron chi connectivity index (χ1n) is 8.17. The zero-order chi connectivity index (χ0) is 18.1. The molecule has 6 heteroatoms. The third-order valence-electron chi connectivity index (χ3n) is 4.44. The standard InChI is InChI=1S/C19H20N2O4/c1-11-9-16(12(2)21(11)15-7-8-15)17(22)10-25-19(24)14-5-3-13(4-6-14)18(20)23/h3-6,9,15H,7-8,10H2,1-2H3,(H2,20,23). The van der Waals surface area contributed by atoms with Gasteiger partial charge in [-0.05, 0) is 57.0 Å². The van der Waals surface area contributed by atoms with Crippen LogP contribution in [0.4, 0.5) is 0 Å². The highest BCUT2D eigenvalue weighted by atomic mass is 16.5. The smallest absolute Gasteiger partial charge is 0.338 e. The Labute approximate surface area is 145 Å². The Hall–Kier alpha value is -2.89. The molecule has 0 spiro atoms. The van der Waals surface area contributed by atoms with Crippen LogP contribution in [0.2, 0.25) is 0 Å². The maximum absolute atomic E-state index is 12.4. The number of aromatic nitrogens is 1. The molecule has 1 amide bonds. The molecule has 1 fully saturated rings. The summed E-state index contributed by atoms with van der Waals surface area (Å²) in [7, 11) is 0. The third kappa shape index (κ3) is 3.47. The van der Waals surface area contributed by atoms with Crippen molar-refractivity contribution in [2.45, 2.75) is 32.7 Å². The van der Waals surface area contributed by atoms with Gasteiger partial charge < -0.3 is 15.0 Å². The summed E-state index contributed by atoms with van der Waals surface area (Å²) in [4.78, 5) is 35.5. The van der Waals surface area contributed by atoms with Gasteiger partial charge in [-0.25, -0.2) is 4.79 Å². The molecule has 3 rings (SSSR count). The normalized spacial score (nSPS) is 13.5. The summed E-state index contributed by atoms with van der Waals surface area (Å²) in [5.41, 5.74) is 8.30. The van der Waals surface area contributed by atoms with Crippen molar-refractivity contribution < 1.29 is 19.1 Å². The molecule has 1 aromatic heterocycles. The van der Waals surface area contributed by atoms with E-state index in [0.717, 1.165) is 24.2 Å². The van der Waals surface area contributed by atoms with E-state index in [2.05, 4.69) is 4.57 Å². The molecule has 0 radical (unpaired) electrons. The molecule has 2 N–H and O–H groups in total. The number of benzene rings is 1. The lowest BCUT2D eigenvalue weighted by Gasteiger charge is -2.08. The fourth-order valence-corrected chi connectivity index (χ4v) is 3.02. The zero-order valence-corrected chi connectivity index (χ0v) is 14.2. The first kappa shape index (κ1) is 17.0. The predicted molar refractivity (Wildman–Crippen MR) is 91.7 cm³/mol. The minimum absolute atomic E-state index is 0.220. The van der Waals surface area contributed by atoms with Crippen molar-refractivity contribution in [1.82, 2.24) is 4.57 Å². The van der Waals surface area contributed by atoms with Crippen molar-refractivity contribution in [1.29, 1.82) is 0 Å². The number of primary amides is 1. The molecule has 6 nitrogen and oxygen atoms in total. The van der Waals surface area contributed by atoms with Gasteiger partial charge in [0.1, 0.15) is 0 Å². The molecule has 1 saturated carbocycles. The number of rotatable bonds is 6. The SMILES string of the molecule is Cc1cc(C(=O)COC(=O)c2ccc(C(N)=O)cc2)c(C)n1C1CC1. The Morgan fingerprint density at radius 3 is 2.28 bits per heavy atom. The lowest BCUT2D eigenvalue weighted by atomic mass is 10.1. The summed E-state index contributed by atoms with van der Waals surface area (Å²) in [6.45, 7) is 3.59. The summed E-state index contributed by atoms with van der Waals surface area (Å²) in [5, 5.41) is 0. The van der Waals surface area contributed by atoms with E-state index in [9.17, 15) is 14.4 Å². The second kappa shape index (κ2) is 6.55.